The zero-order valence-electron chi connectivity index (χ0n) is 17.1. The van der Waals surface area contributed by atoms with Crippen molar-refractivity contribution < 1.29 is 22.7 Å². The number of hydrogen-bond acceptors (Lipinski definition) is 5. The summed E-state index contributed by atoms with van der Waals surface area (Å²) in [5, 5.41) is 3.15. The molecule has 1 aliphatic rings. The third-order valence-electron chi connectivity index (χ3n) is 5.26. The van der Waals surface area contributed by atoms with Crippen molar-refractivity contribution in [1.29, 1.82) is 0 Å². The van der Waals surface area contributed by atoms with Gasteiger partial charge < -0.3 is 14.8 Å². The molecule has 9 heteroatoms. The summed E-state index contributed by atoms with van der Waals surface area (Å²) >= 11 is 3.50. The summed E-state index contributed by atoms with van der Waals surface area (Å²) < 4.78 is 38.1. The number of methoxy groups -OCH3 is 1. The number of hydrogen-bond donors (Lipinski definition) is 1. The Balaban J connectivity index is 1.99. The van der Waals surface area contributed by atoms with Crippen molar-refractivity contribution in [3.05, 3.63) is 58.1 Å². The first-order valence-corrected chi connectivity index (χ1v) is 11.7. The number of halogens is 1. The quantitative estimate of drug-likeness (QED) is 0.663. The van der Waals surface area contributed by atoms with E-state index in [1.165, 1.54) is 33.3 Å². The summed E-state index contributed by atoms with van der Waals surface area (Å²) in [5.41, 5.74) is 0.625. The van der Waals surface area contributed by atoms with Gasteiger partial charge in [-0.3, -0.25) is 4.79 Å². The fourth-order valence-electron chi connectivity index (χ4n) is 3.50. The highest BCUT2D eigenvalue weighted by molar-refractivity contribution is 9.10. The number of nitrogens with one attached hydrogen (secondary N) is 1. The third kappa shape index (κ3) is 4.54. The number of carbonyl (C=O) groups is 1. The van der Waals surface area contributed by atoms with Crippen molar-refractivity contribution in [3.63, 3.8) is 0 Å². The highest BCUT2D eigenvalue weighted by atomic mass is 79.9. The second kappa shape index (κ2) is 9.05. The second-order valence-corrected chi connectivity index (χ2v) is 10.3. The van der Waals surface area contributed by atoms with Crippen LogP contribution < -0.4 is 10.1 Å². The fraction of sp³-hybridized carbons (Fsp3) is 0.381. The van der Waals surface area contributed by atoms with Crippen LogP contribution >= 0.6 is 15.9 Å². The summed E-state index contributed by atoms with van der Waals surface area (Å²) in [6.45, 7) is 1.05. The van der Waals surface area contributed by atoms with Gasteiger partial charge in [-0.1, -0.05) is 28.1 Å². The average molecular weight is 497 g/mol. The maximum Gasteiger partial charge on any atom is 0.252 e. The molecule has 0 saturated carbocycles. The van der Waals surface area contributed by atoms with E-state index in [9.17, 15) is 13.2 Å². The molecule has 1 heterocycles. The molecule has 0 unspecified atom stereocenters. The highest BCUT2D eigenvalue weighted by Crippen LogP contribution is 2.34. The minimum absolute atomic E-state index is 0.0499. The first kappa shape index (κ1) is 22.7. The predicted octanol–water partition coefficient (Wildman–Crippen LogP) is 3.14. The molecule has 1 saturated heterocycles. The molecule has 0 spiro atoms. The van der Waals surface area contributed by atoms with Crippen molar-refractivity contribution in [3.8, 4) is 5.75 Å². The summed E-state index contributed by atoms with van der Waals surface area (Å²) in [7, 11) is 0.490. The van der Waals surface area contributed by atoms with E-state index in [-0.39, 0.29) is 22.1 Å². The van der Waals surface area contributed by atoms with Gasteiger partial charge in [-0.2, -0.15) is 0 Å². The molecule has 3 rings (SSSR count). The Bertz CT molecular complexity index is 1030. The Labute approximate surface area is 185 Å². The molecule has 1 N–H and O–H groups in total. The van der Waals surface area contributed by atoms with Crippen LogP contribution in [-0.4, -0.2) is 53.0 Å². The van der Waals surface area contributed by atoms with Crippen LogP contribution in [0.5, 0.6) is 5.75 Å². The first-order valence-electron chi connectivity index (χ1n) is 9.46. The molecule has 0 bridgehead atoms. The van der Waals surface area contributed by atoms with Crippen LogP contribution in [0, 0.1) is 0 Å². The number of nitrogens with zero attached hydrogens (tertiary/aromatic N) is 1. The SMILES string of the molecule is COc1ccc(C(=O)NC2(c3cccc(Br)c3)CCOCC2)cc1S(=O)(=O)N(C)C. The minimum Gasteiger partial charge on any atom is -0.495 e. The number of rotatable bonds is 6. The van der Waals surface area contributed by atoms with E-state index in [4.69, 9.17) is 9.47 Å². The van der Waals surface area contributed by atoms with Crippen LogP contribution in [0.1, 0.15) is 28.8 Å². The number of sulfonamides is 1. The largest absolute Gasteiger partial charge is 0.495 e. The number of ether oxygens (including phenoxy) is 2. The Morgan fingerprint density at radius 2 is 1.87 bits per heavy atom. The van der Waals surface area contributed by atoms with Crippen molar-refractivity contribution in [1.82, 2.24) is 9.62 Å². The Morgan fingerprint density at radius 1 is 1.17 bits per heavy atom. The standard InChI is InChI=1S/C21H25BrN2O5S/c1-24(2)30(26,27)19-13-15(7-8-18(19)28-3)20(25)23-21(9-11-29-12-10-21)16-5-4-6-17(22)14-16/h4-8,13-14H,9-12H2,1-3H3,(H,23,25). The molecule has 162 valence electrons. The second-order valence-electron chi connectivity index (χ2n) is 7.31. The van der Waals surface area contributed by atoms with E-state index in [2.05, 4.69) is 21.2 Å². The van der Waals surface area contributed by atoms with Gasteiger partial charge in [0.05, 0.1) is 12.6 Å². The Morgan fingerprint density at radius 3 is 2.47 bits per heavy atom. The molecule has 7 nitrogen and oxygen atoms in total. The Hall–Kier alpha value is -1.94. The van der Waals surface area contributed by atoms with Crippen LogP contribution in [0.2, 0.25) is 0 Å². The van der Waals surface area contributed by atoms with Gasteiger partial charge >= 0.3 is 0 Å². The monoisotopic (exact) mass is 496 g/mol. The molecule has 0 aromatic heterocycles. The summed E-state index contributed by atoms with van der Waals surface area (Å²) in [4.78, 5) is 13.2. The smallest absolute Gasteiger partial charge is 0.252 e. The van der Waals surface area contributed by atoms with E-state index in [0.717, 1.165) is 14.3 Å². The summed E-state index contributed by atoms with van der Waals surface area (Å²) in [5.74, 6) is -0.164. The van der Waals surface area contributed by atoms with E-state index in [1.54, 1.807) is 6.07 Å². The summed E-state index contributed by atoms with van der Waals surface area (Å²) in [6.07, 6.45) is 1.24. The fourth-order valence-corrected chi connectivity index (χ4v) is 4.97. The van der Waals surface area contributed by atoms with Gasteiger partial charge in [0.1, 0.15) is 10.6 Å². The van der Waals surface area contributed by atoms with Crippen LogP contribution in [0.25, 0.3) is 0 Å². The third-order valence-corrected chi connectivity index (χ3v) is 7.59. The van der Waals surface area contributed by atoms with Crippen LogP contribution in [0.15, 0.2) is 51.8 Å². The van der Waals surface area contributed by atoms with E-state index >= 15 is 0 Å². The van der Waals surface area contributed by atoms with Gasteiger partial charge in [0.25, 0.3) is 5.91 Å². The minimum atomic E-state index is -3.78. The lowest BCUT2D eigenvalue weighted by molar-refractivity contribution is 0.0345. The zero-order chi connectivity index (χ0) is 21.9. The van der Waals surface area contributed by atoms with Gasteiger partial charge in [0, 0.05) is 37.3 Å². The van der Waals surface area contributed by atoms with Gasteiger partial charge in [0.15, 0.2) is 0 Å². The van der Waals surface area contributed by atoms with E-state index in [1.807, 2.05) is 24.3 Å². The molecule has 1 amide bonds. The molecular formula is C21H25BrN2O5S. The molecule has 30 heavy (non-hydrogen) atoms. The average Bonchev–Trinajstić information content (AvgIpc) is 2.73. The van der Waals surface area contributed by atoms with Crippen molar-refractivity contribution in [2.24, 2.45) is 0 Å². The van der Waals surface area contributed by atoms with Crippen molar-refractivity contribution in [2.75, 3.05) is 34.4 Å². The normalized spacial score (nSPS) is 16.3. The van der Waals surface area contributed by atoms with Crippen LogP contribution in [0.3, 0.4) is 0 Å². The van der Waals surface area contributed by atoms with Crippen molar-refractivity contribution >= 4 is 31.9 Å². The topological polar surface area (TPSA) is 84.9 Å². The molecular weight excluding hydrogens is 472 g/mol. The summed E-state index contributed by atoms with van der Waals surface area (Å²) in [6, 6.07) is 12.3. The van der Waals surface area contributed by atoms with Crippen molar-refractivity contribution in [2.45, 2.75) is 23.3 Å². The van der Waals surface area contributed by atoms with Crippen LogP contribution in [0.4, 0.5) is 0 Å². The molecule has 2 aromatic rings. The van der Waals surface area contributed by atoms with Gasteiger partial charge in [0.2, 0.25) is 10.0 Å². The lowest BCUT2D eigenvalue weighted by Crippen LogP contribution is -2.49. The lowest BCUT2D eigenvalue weighted by atomic mass is 9.82. The Kier molecular flexibility index (Phi) is 6.86. The van der Waals surface area contributed by atoms with Gasteiger partial charge in [-0.05, 0) is 48.7 Å². The highest BCUT2D eigenvalue weighted by Gasteiger charge is 2.36. The molecule has 1 fully saturated rings. The van der Waals surface area contributed by atoms with E-state index in [0.29, 0.717) is 26.1 Å². The maximum atomic E-state index is 13.2. The number of amides is 1. The molecule has 2 aromatic carbocycles. The van der Waals surface area contributed by atoms with Gasteiger partial charge in [-0.25, -0.2) is 12.7 Å². The molecule has 0 atom stereocenters. The molecule has 0 radical (unpaired) electrons. The van der Waals surface area contributed by atoms with Crippen LogP contribution in [-0.2, 0) is 20.3 Å². The molecule has 0 aliphatic carbocycles. The lowest BCUT2D eigenvalue weighted by Gasteiger charge is -2.38. The first-order chi connectivity index (χ1) is 14.2. The number of carbonyl (C=O) groups excluding carboxylic acids is 1. The van der Waals surface area contributed by atoms with E-state index < -0.39 is 15.6 Å². The predicted molar refractivity (Wildman–Crippen MR) is 117 cm³/mol. The van der Waals surface area contributed by atoms with Gasteiger partial charge in [-0.15, -0.1) is 0 Å². The number of benzene rings is 2. The zero-order valence-corrected chi connectivity index (χ0v) is 19.5. The maximum absolute atomic E-state index is 13.2. The molecule has 1 aliphatic heterocycles.